The van der Waals surface area contributed by atoms with Crippen LogP contribution in [0, 0.1) is 5.82 Å². The lowest BCUT2D eigenvalue weighted by atomic mass is 10.1. The lowest BCUT2D eigenvalue weighted by molar-refractivity contribution is 0.197. The van der Waals surface area contributed by atoms with Crippen molar-refractivity contribution in [1.82, 2.24) is 15.0 Å². The van der Waals surface area contributed by atoms with E-state index in [1.54, 1.807) is 0 Å². The molecule has 0 spiro atoms. The molecule has 6 heteroatoms. The predicted molar refractivity (Wildman–Crippen MR) is 56.8 cm³/mol. The molecule has 1 N–H and O–H groups in total. The molecule has 2 aromatic heterocycles. The van der Waals surface area contributed by atoms with Gasteiger partial charge in [-0.1, -0.05) is 0 Å². The molecule has 2 rings (SSSR count). The number of nitrogens with zero attached hydrogens (tertiary/aromatic N) is 3. The summed E-state index contributed by atoms with van der Waals surface area (Å²) in [6.45, 7) is 0. The molecule has 0 saturated carbocycles. The third-order valence-corrected chi connectivity index (χ3v) is 2.19. The average Bonchev–Trinajstić information content (AvgIpc) is 2.38. The molecule has 2 aromatic rings. The third kappa shape index (κ3) is 2.21. The van der Waals surface area contributed by atoms with Crippen LogP contribution in [0.4, 0.5) is 4.39 Å². The van der Waals surface area contributed by atoms with E-state index in [4.69, 9.17) is 4.74 Å². The zero-order valence-corrected chi connectivity index (χ0v) is 9.04. The summed E-state index contributed by atoms with van der Waals surface area (Å²) >= 11 is 0. The first kappa shape index (κ1) is 11.4. The Balaban J connectivity index is 2.44. The molecule has 88 valence electrons. The summed E-state index contributed by atoms with van der Waals surface area (Å²) in [7, 11) is 1.40. The van der Waals surface area contributed by atoms with Crippen molar-refractivity contribution in [3.8, 4) is 5.88 Å². The Morgan fingerprint density at radius 3 is 2.59 bits per heavy atom. The number of hydrogen-bond acceptors (Lipinski definition) is 5. The van der Waals surface area contributed by atoms with Gasteiger partial charge in [0.25, 0.3) is 0 Å². The fraction of sp³-hybridized carbons (Fsp3) is 0.182. The third-order valence-electron chi connectivity index (χ3n) is 2.19. The number of aliphatic hydroxyl groups is 1. The van der Waals surface area contributed by atoms with Crippen LogP contribution in [-0.2, 0) is 0 Å². The lowest BCUT2D eigenvalue weighted by Crippen LogP contribution is -2.09. The van der Waals surface area contributed by atoms with Crippen molar-refractivity contribution in [3.05, 3.63) is 47.9 Å². The molecule has 0 aliphatic heterocycles. The normalized spacial score (nSPS) is 12.2. The summed E-state index contributed by atoms with van der Waals surface area (Å²) in [4.78, 5) is 11.6. The van der Waals surface area contributed by atoms with Crippen LogP contribution in [-0.4, -0.2) is 27.2 Å². The molecule has 0 aliphatic carbocycles. The fourth-order valence-electron chi connectivity index (χ4n) is 1.41. The van der Waals surface area contributed by atoms with Gasteiger partial charge < -0.3 is 9.84 Å². The number of aliphatic hydroxyl groups excluding tert-OH is 1. The van der Waals surface area contributed by atoms with Crippen molar-refractivity contribution >= 4 is 0 Å². The summed E-state index contributed by atoms with van der Waals surface area (Å²) in [5.41, 5.74) is 0.0268. The minimum Gasteiger partial charge on any atom is -0.480 e. The van der Waals surface area contributed by atoms with E-state index in [-0.39, 0.29) is 17.3 Å². The van der Waals surface area contributed by atoms with E-state index < -0.39 is 11.9 Å². The predicted octanol–water partition coefficient (Wildman–Crippen LogP) is 1.10. The van der Waals surface area contributed by atoms with E-state index >= 15 is 0 Å². The van der Waals surface area contributed by atoms with Crippen LogP contribution in [0.25, 0.3) is 0 Å². The first-order valence-electron chi connectivity index (χ1n) is 4.87. The standard InChI is InChI=1S/C11H10FN3O2/c1-17-11-9(14-5-6-15-11)10(16)8-7(12)3-2-4-13-8/h2-6,10,16H,1H3. The van der Waals surface area contributed by atoms with Crippen molar-refractivity contribution in [2.45, 2.75) is 6.10 Å². The Hall–Kier alpha value is -2.08. The fourth-order valence-corrected chi connectivity index (χ4v) is 1.41. The molecule has 0 bridgehead atoms. The second-order valence-electron chi connectivity index (χ2n) is 3.22. The van der Waals surface area contributed by atoms with Gasteiger partial charge >= 0.3 is 0 Å². The van der Waals surface area contributed by atoms with Crippen LogP contribution in [0.2, 0.25) is 0 Å². The van der Waals surface area contributed by atoms with Gasteiger partial charge in [0.05, 0.1) is 7.11 Å². The molecule has 0 saturated heterocycles. The number of aromatic nitrogens is 3. The highest BCUT2D eigenvalue weighted by Crippen LogP contribution is 2.25. The molecule has 0 amide bonds. The molecule has 1 unspecified atom stereocenters. The average molecular weight is 235 g/mol. The topological polar surface area (TPSA) is 68.1 Å². The monoisotopic (exact) mass is 235 g/mol. The Morgan fingerprint density at radius 2 is 1.88 bits per heavy atom. The number of ether oxygens (including phenoxy) is 1. The summed E-state index contributed by atoms with van der Waals surface area (Å²) in [5, 5.41) is 10.00. The molecule has 0 fully saturated rings. The van der Waals surface area contributed by atoms with Gasteiger partial charge in [-0.15, -0.1) is 0 Å². The van der Waals surface area contributed by atoms with Crippen LogP contribution in [0.3, 0.4) is 0 Å². The van der Waals surface area contributed by atoms with Gasteiger partial charge in [-0.3, -0.25) is 9.97 Å². The Morgan fingerprint density at radius 1 is 1.18 bits per heavy atom. The van der Waals surface area contributed by atoms with Crippen molar-refractivity contribution in [3.63, 3.8) is 0 Å². The van der Waals surface area contributed by atoms with Crippen molar-refractivity contribution in [2.24, 2.45) is 0 Å². The summed E-state index contributed by atoms with van der Waals surface area (Å²) in [6, 6.07) is 2.66. The highest BCUT2D eigenvalue weighted by molar-refractivity contribution is 5.27. The van der Waals surface area contributed by atoms with E-state index in [2.05, 4.69) is 15.0 Å². The molecule has 1 atom stereocenters. The molecule has 0 aromatic carbocycles. The summed E-state index contributed by atoms with van der Waals surface area (Å²) in [5.74, 6) is -0.460. The Bertz CT molecular complexity index is 522. The molecule has 2 heterocycles. The summed E-state index contributed by atoms with van der Waals surface area (Å²) in [6.07, 6.45) is 2.90. The van der Waals surface area contributed by atoms with Crippen LogP contribution in [0.1, 0.15) is 17.5 Å². The largest absolute Gasteiger partial charge is 0.480 e. The number of methoxy groups -OCH3 is 1. The van der Waals surface area contributed by atoms with Gasteiger partial charge in [-0.2, -0.15) is 0 Å². The van der Waals surface area contributed by atoms with Crippen molar-refractivity contribution in [2.75, 3.05) is 7.11 Å². The summed E-state index contributed by atoms with van der Waals surface area (Å²) < 4.78 is 18.4. The highest BCUT2D eigenvalue weighted by Gasteiger charge is 2.21. The molecular formula is C11H10FN3O2. The maximum absolute atomic E-state index is 13.4. The molecule has 0 radical (unpaired) electrons. The minimum absolute atomic E-state index is 0.105. The highest BCUT2D eigenvalue weighted by atomic mass is 19.1. The number of hydrogen-bond donors (Lipinski definition) is 1. The van der Waals surface area contributed by atoms with Gasteiger partial charge in [-0.05, 0) is 12.1 Å². The second kappa shape index (κ2) is 4.84. The van der Waals surface area contributed by atoms with Gasteiger partial charge in [0, 0.05) is 18.6 Å². The van der Waals surface area contributed by atoms with Gasteiger partial charge in [0.1, 0.15) is 23.3 Å². The zero-order valence-electron chi connectivity index (χ0n) is 9.04. The minimum atomic E-state index is -1.31. The van der Waals surface area contributed by atoms with Gasteiger partial charge in [-0.25, -0.2) is 9.37 Å². The zero-order chi connectivity index (χ0) is 12.3. The van der Waals surface area contributed by atoms with Gasteiger partial charge in [0.2, 0.25) is 5.88 Å². The SMILES string of the molecule is COc1nccnc1C(O)c1ncccc1F. The number of pyridine rings is 1. The van der Waals surface area contributed by atoms with Crippen LogP contribution >= 0.6 is 0 Å². The number of halogens is 1. The Labute approximate surface area is 97.0 Å². The van der Waals surface area contributed by atoms with Gasteiger partial charge in [0.15, 0.2) is 0 Å². The Kier molecular flexibility index (Phi) is 3.24. The van der Waals surface area contributed by atoms with Crippen LogP contribution in [0.15, 0.2) is 30.7 Å². The van der Waals surface area contributed by atoms with E-state index in [0.29, 0.717) is 0 Å². The van der Waals surface area contributed by atoms with Crippen LogP contribution < -0.4 is 4.74 Å². The second-order valence-corrected chi connectivity index (χ2v) is 3.22. The van der Waals surface area contributed by atoms with E-state index in [1.807, 2.05) is 0 Å². The smallest absolute Gasteiger partial charge is 0.238 e. The van der Waals surface area contributed by atoms with Crippen molar-refractivity contribution < 1.29 is 14.2 Å². The lowest BCUT2D eigenvalue weighted by Gasteiger charge is -2.12. The first-order chi connectivity index (χ1) is 8.24. The van der Waals surface area contributed by atoms with Crippen molar-refractivity contribution in [1.29, 1.82) is 0 Å². The molecular weight excluding hydrogens is 225 g/mol. The van der Waals surface area contributed by atoms with E-state index in [1.165, 1.54) is 37.8 Å². The maximum atomic E-state index is 13.4. The molecule has 17 heavy (non-hydrogen) atoms. The molecule has 5 nitrogen and oxygen atoms in total. The number of rotatable bonds is 3. The van der Waals surface area contributed by atoms with Crippen LogP contribution in [0.5, 0.6) is 5.88 Å². The maximum Gasteiger partial charge on any atom is 0.238 e. The quantitative estimate of drug-likeness (QED) is 0.862. The van der Waals surface area contributed by atoms with E-state index in [9.17, 15) is 9.50 Å². The molecule has 0 aliphatic rings. The first-order valence-corrected chi connectivity index (χ1v) is 4.87. The van der Waals surface area contributed by atoms with E-state index in [0.717, 1.165) is 0 Å².